The number of hydrogen-bond donors (Lipinski definition) is 1. The number of nitrogens with two attached hydrogens (primary N) is 1. The molecule has 0 atom stereocenters. The van der Waals surface area contributed by atoms with Crippen LogP contribution in [0.5, 0.6) is 0 Å². The molecule has 1 aromatic carbocycles. The molecule has 0 radical (unpaired) electrons. The van der Waals surface area contributed by atoms with Crippen molar-refractivity contribution in [3.63, 3.8) is 0 Å². The Bertz CT molecular complexity index is 359. The van der Waals surface area contributed by atoms with Crippen LogP contribution in [0.25, 0.3) is 0 Å². The smallest absolute Gasteiger partial charge is 0.0988 e. The van der Waals surface area contributed by atoms with E-state index in [0.29, 0.717) is 5.84 Å². The van der Waals surface area contributed by atoms with Gasteiger partial charge in [0.25, 0.3) is 0 Å². The predicted octanol–water partition coefficient (Wildman–Crippen LogP) is 2.69. The number of hydrogen-bond acceptors (Lipinski definition) is 1. The van der Waals surface area contributed by atoms with Gasteiger partial charge < -0.3 is 5.73 Å². The SMILES string of the molecule is Cc1ccccc1CC(N)=NC(C)(C)C. The second-order valence-electron chi connectivity index (χ2n) is 4.88. The van der Waals surface area contributed by atoms with Crippen molar-refractivity contribution in [2.75, 3.05) is 0 Å². The Labute approximate surface area is 92.2 Å². The number of nitrogens with zero attached hydrogens (tertiary/aromatic N) is 1. The zero-order valence-corrected chi connectivity index (χ0v) is 10.0. The lowest BCUT2D eigenvalue weighted by Gasteiger charge is -2.14. The summed E-state index contributed by atoms with van der Waals surface area (Å²) in [6.07, 6.45) is 0.740. The predicted molar refractivity (Wildman–Crippen MR) is 66.3 cm³/mol. The highest BCUT2D eigenvalue weighted by molar-refractivity contribution is 5.83. The van der Waals surface area contributed by atoms with E-state index in [4.69, 9.17) is 5.73 Å². The molecule has 1 rings (SSSR count). The first-order chi connectivity index (χ1) is 6.88. The van der Waals surface area contributed by atoms with Gasteiger partial charge in [-0.1, -0.05) is 24.3 Å². The summed E-state index contributed by atoms with van der Waals surface area (Å²) in [5.41, 5.74) is 8.34. The van der Waals surface area contributed by atoms with Gasteiger partial charge in [-0.2, -0.15) is 0 Å². The number of amidine groups is 1. The van der Waals surface area contributed by atoms with Crippen LogP contribution in [0.3, 0.4) is 0 Å². The minimum atomic E-state index is -0.0905. The highest BCUT2D eigenvalue weighted by Crippen LogP contribution is 2.10. The Morgan fingerprint density at radius 2 is 1.87 bits per heavy atom. The number of aliphatic imine (C=N–C) groups is 1. The Morgan fingerprint density at radius 1 is 1.27 bits per heavy atom. The van der Waals surface area contributed by atoms with Gasteiger partial charge in [0.1, 0.15) is 0 Å². The van der Waals surface area contributed by atoms with E-state index in [1.807, 2.05) is 12.1 Å². The lowest BCUT2D eigenvalue weighted by atomic mass is 10.0. The van der Waals surface area contributed by atoms with Crippen molar-refractivity contribution in [2.45, 2.75) is 39.7 Å². The summed E-state index contributed by atoms with van der Waals surface area (Å²) in [6, 6.07) is 8.27. The number of rotatable bonds is 2. The second kappa shape index (κ2) is 4.47. The van der Waals surface area contributed by atoms with Crippen LogP contribution in [-0.4, -0.2) is 11.4 Å². The monoisotopic (exact) mass is 204 g/mol. The summed E-state index contributed by atoms with van der Waals surface area (Å²) in [4.78, 5) is 4.44. The van der Waals surface area contributed by atoms with E-state index in [-0.39, 0.29) is 5.54 Å². The molecule has 0 saturated carbocycles. The molecule has 0 amide bonds. The lowest BCUT2D eigenvalue weighted by molar-refractivity contribution is 0.581. The molecule has 0 aliphatic heterocycles. The molecule has 0 unspecified atom stereocenters. The van der Waals surface area contributed by atoms with Gasteiger partial charge in [0.2, 0.25) is 0 Å². The average molecular weight is 204 g/mol. The third-order valence-corrected chi connectivity index (χ3v) is 2.11. The normalized spacial score (nSPS) is 12.9. The minimum Gasteiger partial charge on any atom is -0.387 e. The van der Waals surface area contributed by atoms with Crippen LogP contribution in [0.15, 0.2) is 29.3 Å². The Balaban J connectivity index is 2.79. The van der Waals surface area contributed by atoms with Crippen LogP contribution in [0.1, 0.15) is 31.9 Å². The summed E-state index contributed by atoms with van der Waals surface area (Å²) >= 11 is 0. The number of benzene rings is 1. The van der Waals surface area contributed by atoms with E-state index in [9.17, 15) is 0 Å². The van der Waals surface area contributed by atoms with Gasteiger partial charge in [-0.3, -0.25) is 4.99 Å². The molecule has 0 heterocycles. The van der Waals surface area contributed by atoms with Crippen molar-refractivity contribution < 1.29 is 0 Å². The highest BCUT2D eigenvalue weighted by atomic mass is 14.9. The molecule has 2 N–H and O–H groups in total. The van der Waals surface area contributed by atoms with E-state index in [2.05, 4.69) is 44.8 Å². The number of aryl methyl sites for hydroxylation is 1. The van der Waals surface area contributed by atoms with Crippen LogP contribution >= 0.6 is 0 Å². The zero-order valence-electron chi connectivity index (χ0n) is 10.0. The van der Waals surface area contributed by atoms with Gasteiger partial charge in [-0.05, 0) is 38.8 Å². The van der Waals surface area contributed by atoms with Gasteiger partial charge >= 0.3 is 0 Å². The first-order valence-corrected chi connectivity index (χ1v) is 5.27. The molecule has 2 heteroatoms. The van der Waals surface area contributed by atoms with Crippen LogP contribution in [0, 0.1) is 6.92 Å². The summed E-state index contributed by atoms with van der Waals surface area (Å²) in [5.74, 6) is 0.705. The maximum Gasteiger partial charge on any atom is 0.0988 e. The maximum atomic E-state index is 5.91. The van der Waals surface area contributed by atoms with Crippen LogP contribution in [-0.2, 0) is 6.42 Å². The Morgan fingerprint density at radius 3 is 2.40 bits per heavy atom. The zero-order chi connectivity index (χ0) is 11.5. The van der Waals surface area contributed by atoms with Crippen LogP contribution in [0.4, 0.5) is 0 Å². The summed E-state index contributed by atoms with van der Waals surface area (Å²) in [7, 11) is 0. The van der Waals surface area contributed by atoms with Crippen LogP contribution < -0.4 is 5.73 Å². The highest BCUT2D eigenvalue weighted by Gasteiger charge is 2.08. The molecule has 0 fully saturated rings. The van der Waals surface area contributed by atoms with Crippen molar-refractivity contribution in [3.05, 3.63) is 35.4 Å². The van der Waals surface area contributed by atoms with E-state index in [1.54, 1.807) is 0 Å². The van der Waals surface area contributed by atoms with Crippen molar-refractivity contribution in [3.8, 4) is 0 Å². The fourth-order valence-electron chi connectivity index (χ4n) is 1.47. The van der Waals surface area contributed by atoms with Gasteiger partial charge in [0, 0.05) is 6.42 Å². The first-order valence-electron chi connectivity index (χ1n) is 5.27. The van der Waals surface area contributed by atoms with Crippen molar-refractivity contribution in [2.24, 2.45) is 10.7 Å². The molecule has 0 spiro atoms. The Kier molecular flexibility index (Phi) is 3.51. The summed E-state index contributed by atoms with van der Waals surface area (Å²) in [5, 5.41) is 0. The van der Waals surface area contributed by atoms with E-state index < -0.39 is 0 Å². The fourth-order valence-corrected chi connectivity index (χ4v) is 1.47. The third-order valence-electron chi connectivity index (χ3n) is 2.11. The molecule has 0 aliphatic carbocycles. The van der Waals surface area contributed by atoms with Crippen molar-refractivity contribution >= 4 is 5.84 Å². The van der Waals surface area contributed by atoms with Gasteiger partial charge in [-0.15, -0.1) is 0 Å². The van der Waals surface area contributed by atoms with Crippen molar-refractivity contribution in [1.29, 1.82) is 0 Å². The third kappa shape index (κ3) is 4.15. The maximum absolute atomic E-state index is 5.91. The topological polar surface area (TPSA) is 38.4 Å². The van der Waals surface area contributed by atoms with E-state index in [1.165, 1.54) is 11.1 Å². The molecule has 0 bridgehead atoms. The summed E-state index contributed by atoms with van der Waals surface area (Å²) in [6.45, 7) is 8.26. The van der Waals surface area contributed by atoms with Gasteiger partial charge in [-0.25, -0.2) is 0 Å². The molecule has 1 aromatic rings. The molecule has 2 nitrogen and oxygen atoms in total. The first kappa shape index (κ1) is 11.8. The van der Waals surface area contributed by atoms with Crippen molar-refractivity contribution in [1.82, 2.24) is 0 Å². The molecular weight excluding hydrogens is 184 g/mol. The molecule has 15 heavy (non-hydrogen) atoms. The molecular formula is C13H20N2. The van der Waals surface area contributed by atoms with E-state index >= 15 is 0 Å². The van der Waals surface area contributed by atoms with E-state index in [0.717, 1.165) is 6.42 Å². The lowest BCUT2D eigenvalue weighted by Crippen LogP contribution is -2.22. The molecule has 0 aliphatic rings. The quantitative estimate of drug-likeness (QED) is 0.584. The average Bonchev–Trinajstić information content (AvgIpc) is 2.05. The van der Waals surface area contributed by atoms with Crippen LogP contribution in [0.2, 0.25) is 0 Å². The molecule has 0 saturated heterocycles. The summed E-state index contributed by atoms with van der Waals surface area (Å²) < 4.78 is 0. The van der Waals surface area contributed by atoms with Gasteiger partial charge in [0.05, 0.1) is 11.4 Å². The molecule has 82 valence electrons. The largest absolute Gasteiger partial charge is 0.387 e. The Hall–Kier alpha value is -1.31. The molecule has 0 aromatic heterocycles. The fraction of sp³-hybridized carbons (Fsp3) is 0.462. The minimum absolute atomic E-state index is 0.0905. The standard InChI is InChI=1S/C13H20N2/c1-10-7-5-6-8-11(10)9-12(14)15-13(2,3)4/h5-8H,9H2,1-4H3,(H2,14,15). The van der Waals surface area contributed by atoms with Gasteiger partial charge in [0.15, 0.2) is 0 Å². The second-order valence-corrected chi connectivity index (χ2v) is 4.88.